The summed E-state index contributed by atoms with van der Waals surface area (Å²) in [5.41, 5.74) is 0.338. The molecule has 0 radical (unpaired) electrons. The first-order valence-corrected chi connectivity index (χ1v) is 4.09. The number of hydrogen-bond donors (Lipinski definition) is 1. The highest BCUT2D eigenvalue weighted by molar-refractivity contribution is 5.04. The van der Waals surface area contributed by atoms with Gasteiger partial charge in [-0.05, 0) is 12.3 Å². The van der Waals surface area contributed by atoms with E-state index < -0.39 is 0 Å². The van der Waals surface area contributed by atoms with Crippen molar-refractivity contribution in [1.29, 1.82) is 0 Å². The number of ether oxygens (including phenoxy) is 1. The lowest BCUT2D eigenvalue weighted by atomic mass is 9.87. The Bertz CT molecular complexity index is 136. The Kier molecular flexibility index (Phi) is 1.29. The molecule has 0 aliphatic carbocycles. The van der Waals surface area contributed by atoms with Crippen molar-refractivity contribution >= 4 is 0 Å². The highest BCUT2D eigenvalue weighted by Gasteiger charge is 2.47. The van der Waals surface area contributed by atoms with Crippen molar-refractivity contribution in [3.05, 3.63) is 0 Å². The Morgan fingerprint density at radius 3 is 2.60 bits per heavy atom. The van der Waals surface area contributed by atoms with Crippen LogP contribution in [-0.4, -0.2) is 24.8 Å². The van der Waals surface area contributed by atoms with E-state index in [0.717, 1.165) is 13.2 Å². The lowest BCUT2D eigenvalue weighted by molar-refractivity contribution is 0.0585. The highest BCUT2D eigenvalue weighted by Crippen LogP contribution is 2.35. The van der Waals surface area contributed by atoms with Crippen LogP contribution in [0.3, 0.4) is 0 Å². The number of fused-ring (bicyclic) bond motifs is 2. The van der Waals surface area contributed by atoms with E-state index in [1.165, 1.54) is 6.42 Å². The topological polar surface area (TPSA) is 21.3 Å². The number of hydrogen-bond acceptors (Lipinski definition) is 2. The normalized spacial score (nSPS) is 45.3. The highest BCUT2D eigenvalue weighted by atomic mass is 16.5. The van der Waals surface area contributed by atoms with Gasteiger partial charge in [-0.2, -0.15) is 0 Å². The minimum absolute atomic E-state index is 0.338. The van der Waals surface area contributed by atoms with Gasteiger partial charge in [0.15, 0.2) is 0 Å². The molecule has 2 atom stereocenters. The largest absolute Gasteiger partial charge is 0.375 e. The monoisotopic (exact) mass is 141 g/mol. The van der Waals surface area contributed by atoms with Crippen LogP contribution in [-0.2, 0) is 4.74 Å². The van der Waals surface area contributed by atoms with E-state index in [9.17, 15) is 0 Å². The van der Waals surface area contributed by atoms with E-state index in [4.69, 9.17) is 4.74 Å². The molecule has 0 spiro atoms. The summed E-state index contributed by atoms with van der Waals surface area (Å²) < 4.78 is 5.55. The molecule has 2 bridgehead atoms. The van der Waals surface area contributed by atoms with Crippen molar-refractivity contribution in [2.24, 2.45) is 5.92 Å². The van der Waals surface area contributed by atoms with E-state index in [-0.39, 0.29) is 0 Å². The van der Waals surface area contributed by atoms with Gasteiger partial charge < -0.3 is 10.1 Å². The van der Waals surface area contributed by atoms with Gasteiger partial charge >= 0.3 is 0 Å². The summed E-state index contributed by atoms with van der Waals surface area (Å²) in [5.74, 6) is 0.708. The predicted molar refractivity (Wildman–Crippen MR) is 39.9 cm³/mol. The molecule has 58 valence electrons. The molecule has 2 unspecified atom stereocenters. The molecule has 2 aliphatic heterocycles. The van der Waals surface area contributed by atoms with Crippen LogP contribution >= 0.6 is 0 Å². The molecule has 2 nitrogen and oxygen atoms in total. The zero-order valence-corrected chi connectivity index (χ0v) is 6.68. The number of morpholine rings is 1. The van der Waals surface area contributed by atoms with Crippen molar-refractivity contribution in [2.45, 2.75) is 31.9 Å². The Balaban J connectivity index is 2.15. The third-order valence-electron chi connectivity index (χ3n) is 2.96. The summed E-state index contributed by atoms with van der Waals surface area (Å²) >= 11 is 0. The van der Waals surface area contributed by atoms with Crippen LogP contribution in [0.4, 0.5) is 0 Å². The van der Waals surface area contributed by atoms with E-state index >= 15 is 0 Å². The molecular formula is C8H15NO. The van der Waals surface area contributed by atoms with E-state index in [0.29, 0.717) is 17.6 Å². The van der Waals surface area contributed by atoms with Gasteiger partial charge in [-0.1, -0.05) is 13.8 Å². The molecule has 2 heterocycles. The van der Waals surface area contributed by atoms with Crippen LogP contribution in [0, 0.1) is 5.92 Å². The van der Waals surface area contributed by atoms with E-state index in [2.05, 4.69) is 19.2 Å². The van der Waals surface area contributed by atoms with Gasteiger partial charge in [0.05, 0.1) is 12.7 Å². The molecule has 0 aromatic heterocycles. The van der Waals surface area contributed by atoms with Crippen molar-refractivity contribution in [2.75, 3.05) is 13.2 Å². The number of nitrogens with one attached hydrogen (secondary N) is 1. The van der Waals surface area contributed by atoms with E-state index in [1.54, 1.807) is 0 Å². The zero-order chi connectivity index (χ0) is 7.19. The van der Waals surface area contributed by atoms with Crippen LogP contribution in [0.1, 0.15) is 20.3 Å². The lowest BCUT2D eigenvalue weighted by Gasteiger charge is -2.30. The van der Waals surface area contributed by atoms with Crippen LogP contribution in [0.5, 0.6) is 0 Å². The standard InChI is InChI=1S/C8H15NO/c1-6(2)8-3-7(4-9-8)10-5-8/h6-7,9H,3-5H2,1-2H3. The van der Waals surface area contributed by atoms with Gasteiger partial charge in [0.1, 0.15) is 0 Å². The summed E-state index contributed by atoms with van der Waals surface area (Å²) in [7, 11) is 0. The average molecular weight is 141 g/mol. The minimum atomic E-state index is 0.338. The Labute approximate surface area is 61.9 Å². The Morgan fingerprint density at radius 1 is 1.60 bits per heavy atom. The van der Waals surface area contributed by atoms with Crippen molar-refractivity contribution < 1.29 is 4.74 Å². The second kappa shape index (κ2) is 1.95. The maximum Gasteiger partial charge on any atom is 0.0719 e. The first-order chi connectivity index (χ1) is 4.73. The average Bonchev–Trinajstić information content (AvgIpc) is 2.45. The minimum Gasteiger partial charge on any atom is -0.375 e. The van der Waals surface area contributed by atoms with Crippen LogP contribution in [0.2, 0.25) is 0 Å². The van der Waals surface area contributed by atoms with Crippen LogP contribution < -0.4 is 5.32 Å². The van der Waals surface area contributed by atoms with Crippen molar-refractivity contribution in [3.8, 4) is 0 Å². The fourth-order valence-corrected chi connectivity index (χ4v) is 1.97. The Morgan fingerprint density at radius 2 is 2.40 bits per heavy atom. The van der Waals surface area contributed by atoms with Crippen molar-refractivity contribution in [3.63, 3.8) is 0 Å². The van der Waals surface area contributed by atoms with Crippen molar-refractivity contribution in [1.82, 2.24) is 5.32 Å². The molecule has 0 amide bonds. The van der Waals surface area contributed by atoms with Gasteiger partial charge in [0.2, 0.25) is 0 Å². The smallest absolute Gasteiger partial charge is 0.0719 e. The third-order valence-corrected chi connectivity index (χ3v) is 2.96. The van der Waals surface area contributed by atoms with Gasteiger partial charge in [0.25, 0.3) is 0 Å². The summed E-state index contributed by atoms with van der Waals surface area (Å²) in [6.07, 6.45) is 1.74. The van der Waals surface area contributed by atoms with Gasteiger partial charge in [-0.3, -0.25) is 0 Å². The van der Waals surface area contributed by atoms with Crippen LogP contribution in [0.15, 0.2) is 0 Å². The SMILES string of the molecule is CC(C)C12COC(CN1)C2. The summed E-state index contributed by atoms with van der Waals surface area (Å²) in [5, 5.41) is 3.54. The summed E-state index contributed by atoms with van der Waals surface area (Å²) in [6.45, 7) is 6.53. The lowest BCUT2D eigenvalue weighted by Crippen LogP contribution is -2.48. The molecule has 2 heteroatoms. The third kappa shape index (κ3) is 0.722. The molecule has 2 rings (SSSR count). The number of rotatable bonds is 1. The van der Waals surface area contributed by atoms with Gasteiger partial charge in [-0.25, -0.2) is 0 Å². The van der Waals surface area contributed by atoms with Crippen LogP contribution in [0.25, 0.3) is 0 Å². The second-order valence-corrected chi connectivity index (χ2v) is 3.83. The fourth-order valence-electron chi connectivity index (χ4n) is 1.97. The summed E-state index contributed by atoms with van der Waals surface area (Å²) in [6, 6.07) is 0. The predicted octanol–water partition coefficient (Wildman–Crippen LogP) is 0.773. The maximum absolute atomic E-state index is 5.55. The molecule has 10 heavy (non-hydrogen) atoms. The maximum atomic E-state index is 5.55. The van der Waals surface area contributed by atoms with Gasteiger partial charge in [0, 0.05) is 12.1 Å². The molecule has 0 aromatic rings. The fraction of sp³-hybridized carbons (Fsp3) is 1.00. The molecule has 2 aliphatic rings. The zero-order valence-electron chi connectivity index (χ0n) is 6.68. The molecule has 1 N–H and O–H groups in total. The molecular weight excluding hydrogens is 126 g/mol. The second-order valence-electron chi connectivity index (χ2n) is 3.83. The molecule has 2 fully saturated rings. The first-order valence-electron chi connectivity index (χ1n) is 4.09. The van der Waals surface area contributed by atoms with E-state index in [1.807, 2.05) is 0 Å². The molecule has 2 saturated heterocycles. The first kappa shape index (κ1) is 6.62. The molecule has 0 aromatic carbocycles. The Hall–Kier alpha value is -0.0800. The quantitative estimate of drug-likeness (QED) is 0.582. The molecule has 0 saturated carbocycles. The summed E-state index contributed by atoms with van der Waals surface area (Å²) in [4.78, 5) is 0. The van der Waals surface area contributed by atoms with Gasteiger partial charge in [-0.15, -0.1) is 0 Å².